The molecule has 0 saturated heterocycles. The second-order valence-corrected chi connectivity index (χ2v) is 6.76. The zero-order valence-corrected chi connectivity index (χ0v) is 14.3. The molecule has 0 aliphatic heterocycles. The molecule has 23 heavy (non-hydrogen) atoms. The van der Waals surface area contributed by atoms with E-state index < -0.39 is 0 Å². The Kier molecular flexibility index (Phi) is 6.74. The Morgan fingerprint density at radius 1 is 1.26 bits per heavy atom. The molecule has 1 amide bonds. The molecule has 5 heteroatoms. The summed E-state index contributed by atoms with van der Waals surface area (Å²) in [4.78, 5) is 13.6. The van der Waals surface area contributed by atoms with Gasteiger partial charge in [-0.3, -0.25) is 4.79 Å². The molecule has 2 rings (SSSR count). The highest BCUT2D eigenvalue weighted by Gasteiger charge is 2.21. The zero-order valence-electron chi connectivity index (χ0n) is 13.5. The third-order valence-electron chi connectivity index (χ3n) is 3.65. The van der Waals surface area contributed by atoms with Crippen molar-refractivity contribution in [2.24, 2.45) is 5.92 Å². The molecular weight excluding hydrogens is 310 g/mol. The SMILES string of the molecule is CC(C)C(CCO)NC(=O)c1occc1CSc1ccccc1. The number of rotatable bonds is 8. The van der Waals surface area contributed by atoms with E-state index in [0.29, 0.717) is 17.9 Å². The van der Waals surface area contributed by atoms with Crippen molar-refractivity contribution >= 4 is 17.7 Å². The van der Waals surface area contributed by atoms with Gasteiger partial charge in [-0.25, -0.2) is 0 Å². The fourth-order valence-electron chi connectivity index (χ4n) is 2.27. The van der Waals surface area contributed by atoms with Gasteiger partial charge in [-0.1, -0.05) is 32.0 Å². The van der Waals surface area contributed by atoms with E-state index in [1.807, 2.05) is 50.2 Å². The Hall–Kier alpha value is -1.72. The largest absolute Gasteiger partial charge is 0.459 e. The van der Waals surface area contributed by atoms with Gasteiger partial charge in [0.05, 0.1) is 6.26 Å². The van der Waals surface area contributed by atoms with Crippen LogP contribution < -0.4 is 5.32 Å². The van der Waals surface area contributed by atoms with Crippen LogP contribution in [-0.4, -0.2) is 23.7 Å². The lowest BCUT2D eigenvalue weighted by atomic mass is 10.0. The third kappa shape index (κ3) is 5.15. The number of hydrogen-bond acceptors (Lipinski definition) is 4. The Labute approximate surface area is 141 Å². The maximum absolute atomic E-state index is 12.4. The number of aliphatic hydroxyl groups is 1. The molecule has 0 spiro atoms. The molecular formula is C18H23NO3S. The molecule has 124 valence electrons. The number of amides is 1. The van der Waals surface area contributed by atoms with Gasteiger partial charge in [0.2, 0.25) is 0 Å². The van der Waals surface area contributed by atoms with Crippen molar-refractivity contribution in [1.29, 1.82) is 0 Å². The Balaban J connectivity index is 2.00. The topological polar surface area (TPSA) is 62.5 Å². The fourth-order valence-corrected chi connectivity index (χ4v) is 3.17. The Morgan fingerprint density at radius 2 is 2.00 bits per heavy atom. The van der Waals surface area contributed by atoms with Crippen LogP contribution in [0.1, 0.15) is 36.4 Å². The lowest BCUT2D eigenvalue weighted by Crippen LogP contribution is -2.39. The highest BCUT2D eigenvalue weighted by atomic mass is 32.2. The summed E-state index contributed by atoms with van der Waals surface area (Å²) in [5, 5.41) is 12.1. The molecule has 2 N–H and O–H groups in total. The maximum Gasteiger partial charge on any atom is 0.287 e. The van der Waals surface area contributed by atoms with Gasteiger partial charge in [-0.2, -0.15) is 0 Å². The Morgan fingerprint density at radius 3 is 2.65 bits per heavy atom. The number of thioether (sulfide) groups is 1. The number of aliphatic hydroxyl groups excluding tert-OH is 1. The second kappa shape index (κ2) is 8.79. The number of furan rings is 1. The minimum atomic E-state index is -0.217. The van der Waals surface area contributed by atoms with Crippen LogP contribution in [0.2, 0.25) is 0 Å². The predicted molar refractivity (Wildman–Crippen MR) is 92.5 cm³/mol. The van der Waals surface area contributed by atoms with Crippen molar-refractivity contribution in [3.8, 4) is 0 Å². The summed E-state index contributed by atoms with van der Waals surface area (Å²) >= 11 is 1.67. The van der Waals surface area contributed by atoms with E-state index in [0.717, 1.165) is 10.5 Å². The van der Waals surface area contributed by atoms with Crippen LogP contribution in [0.15, 0.2) is 52.0 Å². The number of hydrogen-bond donors (Lipinski definition) is 2. The summed E-state index contributed by atoms with van der Waals surface area (Å²) in [6, 6.07) is 11.8. The first-order valence-electron chi connectivity index (χ1n) is 7.77. The van der Waals surface area contributed by atoms with Gasteiger partial charge in [0, 0.05) is 28.9 Å². The number of benzene rings is 1. The van der Waals surface area contributed by atoms with Crippen LogP contribution in [-0.2, 0) is 5.75 Å². The van der Waals surface area contributed by atoms with Gasteiger partial charge >= 0.3 is 0 Å². The van der Waals surface area contributed by atoms with E-state index in [2.05, 4.69) is 5.32 Å². The van der Waals surface area contributed by atoms with Crippen molar-refractivity contribution in [3.63, 3.8) is 0 Å². The number of carbonyl (C=O) groups excluding carboxylic acids is 1. The molecule has 0 aliphatic rings. The highest BCUT2D eigenvalue weighted by molar-refractivity contribution is 7.98. The smallest absolute Gasteiger partial charge is 0.287 e. The molecule has 1 heterocycles. The van der Waals surface area contributed by atoms with Crippen LogP contribution in [0, 0.1) is 5.92 Å². The van der Waals surface area contributed by atoms with Crippen LogP contribution in [0.4, 0.5) is 0 Å². The first-order valence-corrected chi connectivity index (χ1v) is 8.76. The summed E-state index contributed by atoms with van der Waals surface area (Å²) in [6.07, 6.45) is 2.09. The normalized spacial score (nSPS) is 12.3. The van der Waals surface area contributed by atoms with Crippen LogP contribution in [0.3, 0.4) is 0 Å². The van der Waals surface area contributed by atoms with Crippen LogP contribution in [0.25, 0.3) is 0 Å². The van der Waals surface area contributed by atoms with E-state index in [4.69, 9.17) is 9.52 Å². The first kappa shape index (κ1) is 17.6. The van der Waals surface area contributed by atoms with Gasteiger partial charge in [0.1, 0.15) is 0 Å². The van der Waals surface area contributed by atoms with Gasteiger partial charge in [0.25, 0.3) is 5.91 Å². The maximum atomic E-state index is 12.4. The number of nitrogens with one attached hydrogen (secondary N) is 1. The summed E-state index contributed by atoms with van der Waals surface area (Å²) in [5.41, 5.74) is 0.878. The van der Waals surface area contributed by atoms with Crippen molar-refractivity contribution in [1.82, 2.24) is 5.32 Å². The Bertz CT molecular complexity index is 610. The number of carbonyl (C=O) groups is 1. The second-order valence-electron chi connectivity index (χ2n) is 5.71. The standard InChI is InChI=1S/C18H23NO3S/c1-13(2)16(8-10-20)19-18(21)17-14(9-11-22-17)12-23-15-6-4-3-5-7-15/h3-7,9,11,13,16,20H,8,10,12H2,1-2H3,(H,19,21). The van der Waals surface area contributed by atoms with Crippen molar-refractivity contribution in [2.75, 3.05) is 6.61 Å². The molecule has 4 nitrogen and oxygen atoms in total. The zero-order chi connectivity index (χ0) is 16.7. The first-order chi connectivity index (χ1) is 11.1. The van der Waals surface area contributed by atoms with E-state index in [1.54, 1.807) is 18.0 Å². The van der Waals surface area contributed by atoms with Gasteiger partial charge in [-0.05, 0) is 30.5 Å². The minimum absolute atomic E-state index is 0.0536. The molecule has 1 atom stereocenters. The highest BCUT2D eigenvalue weighted by Crippen LogP contribution is 2.25. The summed E-state index contributed by atoms with van der Waals surface area (Å²) in [7, 11) is 0. The molecule has 1 aromatic carbocycles. The molecule has 0 bridgehead atoms. The molecule has 1 aromatic heterocycles. The van der Waals surface area contributed by atoms with Crippen LogP contribution in [0.5, 0.6) is 0 Å². The fraction of sp³-hybridized carbons (Fsp3) is 0.389. The van der Waals surface area contributed by atoms with E-state index in [9.17, 15) is 4.79 Å². The third-order valence-corrected chi connectivity index (χ3v) is 4.71. The minimum Gasteiger partial charge on any atom is -0.459 e. The van der Waals surface area contributed by atoms with Crippen LogP contribution >= 0.6 is 11.8 Å². The van der Waals surface area contributed by atoms with Gasteiger partial charge < -0.3 is 14.8 Å². The monoisotopic (exact) mass is 333 g/mol. The lowest BCUT2D eigenvalue weighted by molar-refractivity contribution is 0.0887. The molecule has 0 aliphatic carbocycles. The molecule has 0 fully saturated rings. The van der Waals surface area contributed by atoms with Crippen molar-refractivity contribution in [3.05, 3.63) is 54.0 Å². The lowest BCUT2D eigenvalue weighted by Gasteiger charge is -2.21. The van der Waals surface area contributed by atoms with E-state index >= 15 is 0 Å². The van der Waals surface area contributed by atoms with E-state index in [-0.39, 0.29) is 24.5 Å². The average molecular weight is 333 g/mol. The summed E-state index contributed by atoms with van der Waals surface area (Å²) in [6.45, 7) is 4.10. The average Bonchev–Trinajstić information content (AvgIpc) is 3.02. The molecule has 1 unspecified atom stereocenters. The quantitative estimate of drug-likeness (QED) is 0.723. The molecule has 2 aromatic rings. The molecule has 0 saturated carbocycles. The summed E-state index contributed by atoms with van der Waals surface area (Å²) in [5.74, 6) is 1.07. The van der Waals surface area contributed by atoms with Gasteiger partial charge in [0.15, 0.2) is 5.76 Å². The van der Waals surface area contributed by atoms with Gasteiger partial charge in [-0.15, -0.1) is 11.8 Å². The predicted octanol–water partition coefficient (Wildman–Crippen LogP) is 3.71. The molecule has 0 radical (unpaired) electrons. The van der Waals surface area contributed by atoms with Crippen molar-refractivity contribution < 1.29 is 14.3 Å². The van der Waals surface area contributed by atoms with E-state index in [1.165, 1.54) is 0 Å². The summed E-state index contributed by atoms with van der Waals surface area (Å²) < 4.78 is 5.39. The van der Waals surface area contributed by atoms with Crippen molar-refractivity contribution in [2.45, 2.75) is 37.0 Å².